The average molecular weight is 446 g/mol. The lowest BCUT2D eigenvalue weighted by atomic mass is 10.1. The number of rotatable bonds is 8. The molecule has 1 atom stereocenters. The highest BCUT2D eigenvalue weighted by atomic mass is 35.5. The van der Waals surface area contributed by atoms with Gasteiger partial charge in [0.05, 0.1) is 37.9 Å². The lowest BCUT2D eigenvalue weighted by Gasteiger charge is -2.23. The van der Waals surface area contributed by atoms with Gasteiger partial charge in [0.2, 0.25) is 0 Å². The normalized spacial score (nSPS) is 15.7. The third-order valence-corrected chi connectivity index (χ3v) is 4.92. The van der Waals surface area contributed by atoms with Gasteiger partial charge in [-0.15, -0.1) is 0 Å². The first-order valence-corrected chi connectivity index (χ1v) is 10.2. The fourth-order valence-corrected chi connectivity index (χ4v) is 3.27. The molecule has 1 unspecified atom stereocenters. The standard InChI is InChI=1S/C20H24ClN7O3/c1-30-18-6-13(2-3-23-10-15-11-24-4-5-31-15)16(21)7-17(18)27-20(29)28-19-12-25-14(8-22)9-26-19/h6-7,9,12,15,23-24H,2-5,10-11H2,1H3,(H2,26,27,28,29). The maximum atomic E-state index is 12.3. The van der Waals surface area contributed by atoms with Gasteiger partial charge in [-0.3, -0.25) is 5.32 Å². The number of benzene rings is 1. The zero-order valence-corrected chi connectivity index (χ0v) is 17.8. The van der Waals surface area contributed by atoms with Gasteiger partial charge in [-0.2, -0.15) is 5.26 Å². The van der Waals surface area contributed by atoms with E-state index in [1.165, 1.54) is 19.5 Å². The zero-order chi connectivity index (χ0) is 22.1. The highest BCUT2D eigenvalue weighted by molar-refractivity contribution is 6.31. The number of carbonyl (C=O) groups excluding carboxylic acids is 1. The van der Waals surface area contributed by atoms with Crippen LogP contribution in [0.15, 0.2) is 24.5 Å². The van der Waals surface area contributed by atoms with Crippen LogP contribution in [-0.2, 0) is 11.2 Å². The Morgan fingerprint density at radius 2 is 2.26 bits per heavy atom. The van der Waals surface area contributed by atoms with Crippen LogP contribution in [0.5, 0.6) is 5.75 Å². The largest absolute Gasteiger partial charge is 0.495 e. The van der Waals surface area contributed by atoms with Gasteiger partial charge in [0, 0.05) is 24.7 Å². The summed E-state index contributed by atoms with van der Waals surface area (Å²) in [5.74, 6) is 0.696. The van der Waals surface area contributed by atoms with E-state index in [9.17, 15) is 4.79 Å². The third kappa shape index (κ3) is 6.77. The van der Waals surface area contributed by atoms with Crippen LogP contribution in [0.1, 0.15) is 11.3 Å². The average Bonchev–Trinajstić information content (AvgIpc) is 2.79. The van der Waals surface area contributed by atoms with Crippen LogP contribution in [0.4, 0.5) is 16.3 Å². The van der Waals surface area contributed by atoms with E-state index in [4.69, 9.17) is 26.3 Å². The molecule has 11 heteroatoms. The Morgan fingerprint density at radius 1 is 1.39 bits per heavy atom. The van der Waals surface area contributed by atoms with E-state index in [0.29, 0.717) is 22.9 Å². The molecular formula is C20H24ClN7O3. The molecule has 1 aromatic heterocycles. The fraction of sp³-hybridized carbons (Fsp3) is 0.400. The van der Waals surface area contributed by atoms with E-state index in [2.05, 4.69) is 31.2 Å². The van der Waals surface area contributed by atoms with Crippen LogP contribution in [0.2, 0.25) is 5.02 Å². The van der Waals surface area contributed by atoms with Crippen molar-refractivity contribution in [3.63, 3.8) is 0 Å². The number of nitrogens with one attached hydrogen (secondary N) is 4. The van der Waals surface area contributed by atoms with E-state index >= 15 is 0 Å². The van der Waals surface area contributed by atoms with Gasteiger partial charge in [0.15, 0.2) is 11.5 Å². The van der Waals surface area contributed by atoms with Crippen LogP contribution < -0.4 is 26.0 Å². The number of anilines is 2. The molecule has 2 amide bonds. The lowest BCUT2D eigenvalue weighted by molar-refractivity contribution is 0.0294. The number of ether oxygens (including phenoxy) is 2. The monoisotopic (exact) mass is 445 g/mol. The van der Waals surface area contributed by atoms with Crippen LogP contribution >= 0.6 is 11.6 Å². The van der Waals surface area contributed by atoms with Crippen molar-refractivity contribution in [2.75, 3.05) is 50.5 Å². The second-order valence-electron chi connectivity index (χ2n) is 6.77. The van der Waals surface area contributed by atoms with E-state index in [-0.39, 0.29) is 17.6 Å². The van der Waals surface area contributed by atoms with Crippen LogP contribution in [0.3, 0.4) is 0 Å². The van der Waals surface area contributed by atoms with E-state index < -0.39 is 6.03 Å². The van der Waals surface area contributed by atoms with E-state index in [1.54, 1.807) is 12.1 Å². The van der Waals surface area contributed by atoms with Gasteiger partial charge in [0.1, 0.15) is 11.8 Å². The minimum absolute atomic E-state index is 0.160. The highest BCUT2D eigenvalue weighted by Crippen LogP contribution is 2.31. The molecule has 1 aliphatic rings. The predicted molar refractivity (Wildman–Crippen MR) is 117 cm³/mol. The Hall–Kier alpha value is -2.97. The van der Waals surface area contributed by atoms with Gasteiger partial charge in [-0.05, 0) is 30.7 Å². The molecule has 164 valence electrons. The first kappa shape index (κ1) is 22.7. The molecule has 0 spiro atoms. The number of carbonyl (C=O) groups is 1. The van der Waals surface area contributed by atoms with Crippen molar-refractivity contribution in [3.8, 4) is 11.8 Å². The number of aromatic nitrogens is 2. The third-order valence-electron chi connectivity index (χ3n) is 4.57. The maximum Gasteiger partial charge on any atom is 0.325 e. The molecule has 1 aromatic carbocycles. The Bertz CT molecular complexity index is 928. The van der Waals surface area contributed by atoms with Crippen LogP contribution in [0.25, 0.3) is 0 Å². The number of hydrogen-bond donors (Lipinski definition) is 4. The van der Waals surface area contributed by atoms with Crippen molar-refractivity contribution >= 4 is 29.1 Å². The van der Waals surface area contributed by atoms with Crippen molar-refractivity contribution in [2.45, 2.75) is 12.5 Å². The molecular weight excluding hydrogens is 422 g/mol. The molecule has 1 fully saturated rings. The fourth-order valence-electron chi connectivity index (χ4n) is 3.01. The summed E-state index contributed by atoms with van der Waals surface area (Å²) in [6.45, 7) is 3.96. The van der Waals surface area contributed by atoms with Gasteiger partial charge in [-0.1, -0.05) is 11.6 Å². The molecule has 1 aliphatic heterocycles. The molecule has 4 N–H and O–H groups in total. The van der Waals surface area contributed by atoms with E-state index in [0.717, 1.165) is 38.3 Å². The minimum Gasteiger partial charge on any atom is -0.495 e. The number of urea groups is 1. The van der Waals surface area contributed by atoms with Crippen molar-refractivity contribution in [1.82, 2.24) is 20.6 Å². The number of methoxy groups -OCH3 is 1. The molecule has 31 heavy (non-hydrogen) atoms. The second-order valence-corrected chi connectivity index (χ2v) is 7.18. The number of amides is 2. The molecule has 0 aliphatic carbocycles. The molecule has 2 aromatic rings. The lowest BCUT2D eigenvalue weighted by Crippen LogP contribution is -2.44. The van der Waals surface area contributed by atoms with Crippen molar-refractivity contribution in [3.05, 3.63) is 40.8 Å². The minimum atomic E-state index is -0.538. The summed E-state index contributed by atoms with van der Waals surface area (Å²) in [5, 5.41) is 21.2. The Kier molecular flexibility index (Phi) is 8.37. The Morgan fingerprint density at radius 3 is 2.94 bits per heavy atom. The van der Waals surface area contributed by atoms with Crippen molar-refractivity contribution < 1.29 is 14.3 Å². The van der Waals surface area contributed by atoms with Crippen molar-refractivity contribution in [1.29, 1.82) is 5.26 Å². The summed E-state index contributed by atoms with van der Waals surface area (Å²) >= 11 is 6.42. The second kappa shape index (κ2) is 11.4. The first-order chi connectivity index (χ1) is 15.1. The number of halogens is 1. The van der Waals surface area contributed by atoms with Gasteiger partial charge >= 0.3 is 6.03 Å². The Balaban J connectivity index is 1.55. The van der Waals surface area contributed by atoms with Gasteiger partial charge < -0.3 is 25.4 Å². The predicted octanol–water partition coefficient (Wildman–Crippen LogP) is 1.77. The summed E-state index contributed by atoms with van der Waals surface area (Å²) < 4.78 is 11.1. The molecule has 10 nitrogen and oxygen atoms in total. The SMILES string of the molecule is COc1cc(CCNCC2CNCCO2)c(Cl)cc1NC(=O)Nc1cnc(C#N)cn1. The maximum absolute atomic E-state index is 12.3. The molecule has 0 radical (unpaired) electrons. The topological polar surface area (TPSA) is 133 Å². The Labute approximate surface area is 185 Å². The van der Waals surface area contributed by atoms with Gasteiger partial charge in [0.25, 0.3) is 0 Å². The molecule has 0 saturated carbocycles. The summed E-state index contributed by atoms with van der Waals surface area (Å²) in [6, 6.07) is 4.78. The molecule has 0 bridgehead atoms. The number of hydrogen-bond acceptors (Lipinski definition) is 8. The van der Waals surface area contributed by atoms with Crippen LogP contribution in [-0.4, -0.2) is 62.0 Å². The zero-order valence-electron chi connectivity index (χ0n) is 17.1. The smallest absolute Gasteiger partial charge is 0.325 e. The van der Waals surface area contributed by atoms with Crippen LogP contribution in [0, 0.1) is 11.3 Å². The highest BCUT2D eigenvalue weighted by Gasteiger charge is 2.14. The van der Waals surface area contributed by atoms with Crippen molar-refractivity contribution in [2.24, 2.45) is 0 Å². The summed E-state index contributed by atoms with van der Waals surface area (Å²) in [7, 11) is 1.52. The van der Waals surface area contributed by atoms with Gasteiger partial charge in [-0.25, -0.2) is 14.8 Å². The number of morpholine rings is 1. The quantitative estimate of drug-likeness (QED) is 0.452. The molecule has 1 saturated heterocycles. The number of nitrogens with zero attached hydrogens (tertiary/aromatic N) is 3. The molecule has 3 rings (SSSR count). The summed E-state index contributed by atoms with van der Waals surface area (Å²) in [4.78, 5) is 20.1. The number of nitriles is 1. The van der Waals surface area contributed by atoms with E-state index in [1.807, 2.05) is 6.07 Å². The molecule has 2 heterocycles. The summed E-state index contributed by atoms with van der Waals surface area (Å²) in [6.07, 6.45) is 3.44. The first-order valence-electron chi connectivity index (χ1n) is 9.78. The summed E-state index contributed by atoms with van der Waals surface area (Å²) in [5.41, 5.74) is 1.48.